The van der Waals surface area contributed by atoms with Crippen molar-refractivity contribution < 1.29 is 10.2 Å². The molecule has 3 nitrogen and oxygen atoms in total. The van der Waals surface area contributed by atoms with E-state index in [2.05, 4.69) is 4.98 Å². The second-order valence-corrected chi connectivity index (χ2v) is 3.64. The van der Waals surface area contributed by atoms with E-state index >= 15 is 0 Å². The molecule has 0 aliphatic heterocycles. The van der Waals surface area contributed by atoms with Gasteiger partial charge in [-0.1, -0.05) is 23.7 Å². The van der Waals surface area contributed by atoms with Crippen LogP contribution in [0.25, 0.3) is 10.9 Å². The standard InChI is InChI=1S/C11H10ClNO2/c12-8-4-3-7-2-1-5-13-11(7)10(8)9(15)6-14/h1-5,9,14-15H,6H2. The molecule has 0 aliphatic carbocycles. The molecule has 0 fully saturated rings. The summed E-state index contributed by atoms with van der Waals surface area (Å²) in [5.41, 5.74) is 1.11. The van der Waals surface area contributed by atoms with Crippen molar-refractivity contribution in [2.45, 2.75) is 6.10 Å². The summed E-state index contributed by atoms with van der Waals surface area (Å²) in [5.74, 6) is 0. The van der Waals surface area contributed by atoms with Gasteiger partial charge in [-0.05, 0) is 12.1 Å². The van der Waals surface area contributed by atoms with E-state index in [1.165, 1.54) is 0 Å². The molecule has 1 atom stereocenters. The Kier molecular flexibility index (Phi) is 2.86. The first kappa shape index (κ1) is 10.4. The van der Waals surface area contributed by atoms with Crippen LogP contribution in [0.3, 0.4) is 0 Å². The lowest BCUT2D eigenvalue weighted by Crippen LogP contribution is -2.04. The largest absolute Gasteiger partial charge is 0.393 e. The molecular weight excluding hydrogens is 214 g/mol. The van der Waals surface area contributed by atoms with Gasteiger partial charge in [0.15, 0.2) is 0 Å². The molecule has 1 heterocycles. The minimum Gasteiger partial charge on any atom is -0.393 e. The van der Waals surface area contributed by atoms with Gasteiger partial charge in [-0.15, -0.1) is 0 Å². The predicted octanol–water partition coefficient (Wildman–Crippen LogP) is 1.91. The van der Waals surface area contributed by atoms with Gasteiger partial charge >= 0.3 is 0 Å². The molecule has 1 aromatic heterocycles. The maximum atomic E-state index is 9.63. The molecule has 2 aromatic rings. The number of benzene rings is 1. The molecule has 0 saturated carbocycles. The normalized spacial score (nSPS) is 13.0. The first-order chi connectivity index (χ1) is 7.24. The SMILES string of the molecule is OCC(O)c1c(Cl)ccc2cccnc12. The highest BCUT2D eigenvalue weighted by Gasteiger charge is 2.14. The Bertz CT molecular complexity index is 487. The number of rotatable bonds is 2. The van der Waals surface area contributed by atoms with Crippen LogP contribution in [-0.4, -0.2) is 21.8 Å². The minimum absolute atomic E-state index is 0.366. The summed E-state index contributed by atoms with van der Waals surface area (Å²) in [4.78, 5) is 4.16. The molecule has 1 unspecified atom stereocenters. The molecule has 4 heteroatoms. The third-order valence-electron chi connectivity index (χ3n) is 2.27. The molecule has 0 saturated heterocycles. The quantitative estimate of drug-likeness (QED) is 0.818. The van der Waals surface area contributed by atoms with Gasteiger partial charge in [0, 0.05) is 22.2 Å². The molecule has 15 heavy (non-hydrogen) atoms. The zero-order valence-electron chi connectivity index (χ0n) is 7.89. The van der Waals surface area contributed by atoms with E-state index in [0.29, 0.717) is 16.1 Å². The second kappa shape index (κ2) is 4.14. The summed E-state index contributed by atoms with van der Waals surface area (Å²) in [7, 11) is 0. The summed E-state index contributed by atoms with van der Waals surface area (Å²) in [6.07, 6.45) is 0.641. The van der Waals surface area contributed by atoms with Crippen LogP contribution in [-0.2, 0) is 0 Å². The number of nitrogens with zero attached hydrogens (tertiary/aromatic N) is 1. The molecule has 78 valence electrons. The zero-order valence-corrected chi connectivity index (χ0v) is 8.65. The average Bonchev–Trinajstić information content (AvgIpc) is 2.28. The first-order valence-electron chi connectivity index (χ1n) is 4.56. The summed E-state index contributed by atoms with van der Waals surface area (Å²) in [5, 5.41) is 19.9. The summed E-state index contributed by atoms with van der Waals surface area (Å²) < 4.78 is 0. The van der Waals surface area contributed by atoms with E-state index in [9.17, 15) is 5.11 Å². The molecule has 2 rings (SSSR count). The maximum absolute atomic E-state index is 9.63. The number of hydrogen-bond donors (Lipinski definition) is 2. The van der Waals surface area contributed by atoms with Gasteiger partial charge < -0.3 is 10.2 Å². The number of halogens is 1. The smallest absolute Gasteiger partial charge is 0.106 e. The highest BCUT2D eigenvalue weighted by molar-refractivity contribution is 6.32. The third kappa shape index (κ3) is 1.81. The fourth-order valence-electron chi connectivity index (χ4n) is 1.55. The van der Waals surface area contributed by atoms with Crippen LogP contribution < -0.4 is 0 Å². The van der Waals surface area contributed by atoms with Crippen LogP contribution >= 0.6 is 11.6 Å². The molecule has 0 bridgehead atoms. The monoisotopic (exact) mass is 223 g/mol. The van der Waals surface area contributed by atoms with Crippen molar-refractivity contribution >= 4 is 22.5 Å². The molecular formula is C11H10ClNO2. The number of fused-ring (bicyclic) bond motifs is 1. The molecule has 0 aliphatic rings. The van der Waals surface area contributed by atoms with E-state index in [1.54, 1.807) is 12.3 Å². The van der Waals surface area contributed by atoms with Gasteiger partial charge in [0.25, 0.3) is 0 Å². The lowest BCUT2D eigenvalue weighted by molar-refractivity contribution is 0.0966. The van der Waals surface area contributed by atoms with Gasteiger partial charge in [-0.2, -0.15) is 0 Å². The number of hydrogen-bond acceptors (Lipinski definition) is 3. The molecule has 0 amide bonds. The Hall–Kier alpha value is -1.16. The van der Waals surface area contributed by atoms with Gasteiger partial charge in [0.1, 0.15) is 6.10 Å². The van der Waals surface area contributed by atoms with Crippen molar-refractivity contribution in [1.29, 1.82) is 0 Å². The van der Waals surface area contributed by atoms with E-state index in [1.807, 2.05) is 18.2 Å². The summed E-state index contributed by atoms with van der Waals surface area (Å²) in [6, 6.07) is 7.22. The van der Waals surface area contributed by atoms with E-state index in [-0.39, 0.29) is 6.61 Å². The average molecular weight is 224 g/mol. The fraction of sp³-hybridized carbons (Fsp3) is 0.182. The maximum Gasteiger partial charge on any atom is 0.106 e. The van der Waals surface area contributed by atoms with Gasteiger partial charge in [-0.25, -0.2) is 0 Å². The van der Waals surface area contributed by atoms with Gasteiger partial charge in [-0.3, -0.25) is 4.98 Å². The lowest BCUT2D eigenvalue weighted by atomic mass is 10.1. The Morgan fingerprint density at radius 2 is 2.13 bits per heavy atom. The highest BCUT2D eigenvalue weighted by Crippen LogP contribution is 2.29. The second-order valence-electron chi connectivity index (χ2n) is 3.23. The number of aromatic nitrogens is 1. The number of aliphatic hydroxyl groups excluding tert-OH is 2. The Labute approximate surface area is 92.0 Å². The van der Waals surface area contributed by atoms with Crippen molar-refractivity contribution in [2.24, 2.45) is 0 Å². The summed E-state index contributed by atoms with van der Waals surface area (Å²) in [6.45, 7) is -0.366. The first-order valence-corrected chi connectivity index (χ1v) is 4.94. The van der Waals surface area contributed by atoms with Crippen LogP contribution in [0.2, 0.25) is 5.02 Å². The van der Waals surface area contributed by atoms with Crippen molar-refractivity contribution in [3.8, 4) is 0 Å². The lowest BCUT2D eigenvalue weighted by Gasteiger charge is -2.12. The summed E-state index contributed by atoms with van der Waals surface area (Å²) >= 11 is 5.97. The topological polar surface area (TPSA) is 53.4 Å². The van der Waals surface area contributed by atoms with Crippen LogP contribution in [0.15, 0.2) is 30.5 Å². The van der Waals surface area contributed by atoms with Gasteiger partial charge in [0.05, 0.1) is 12.1 Å². The number of aliphatic hydroxyl groups is 2. The number of pyridine rings is 1. The van der Waals surface area contributed by atoms with Crippen LogP contribution in [0, 0.1) is 0 Å². The van der Waals surface area contributed by atoms with E-state index in [4.69, 9.17) is 16.7 Å². The van der Waals surface area contributed by atoms with Crippen molar-refractivity contribution in [1.82, 2.24) is 4.98 Å². The zero-order chi connectivity index (χ0) is 10.8. The highest BCUT2D eigenvalue weighted by atomic mass is 35.5. The molecule has 1 aromatic carbocycles. The van der Waals surface area contributed by atoms with Crippen LogP contribution in [0.5, 0.6) is 0 Å². The minimum atomic E-state index is -0.990. The Morgan fingerprint density at radius 3 is 2.87 bits per heavy atom. The fourth-order valence-corrected chi connectivity index (χ4v) is 1.83. The Morgan fingerprint density at radius 1 is 1.33 bits per heavy atom. The van der Waals surface area contributed by atoms with Crippen molar-refractivity contribution in [2.75, 3.05) is 6.61 Å². The van der Waals surface area contributed by atoms with Crippen LogP contribution in [0.4, 0.5) is 0 Å². The third-order valence-corrected chi connectivity index (χ3v) is 2.60. The van der Waals surface area contributed by atoms with Crippen molar-refractivity contribution in [3.05, 3.63) is 41.0 Å². The van der Waals surface area contributed by atoms with Crippen molar-refractivity contribution in [3.63, 3.8) is 0 Å². The molecule has 0 radical (unpaired) electrons. The van der Waals surface area contributed by atoms with Crippen LogP contribution in [0.1, 0.15) is 11.7 Å². The van der Waals surface area contributed by atoms with Gasteiger partial charge in [0.2, 0.25) is 0 Å². The van der Waals surface area contributed by atoms with E-state index in [0.717, 1.165) is 5.39 Å². The molecule has 0 spiro atoms. The van der Waals surface area contributed by atoms with E-state index < -0.39 is 6.10 Å². The molecule has 2 N–H and O–H groups in total. The predicted molar refractivity (Wildman–Crippen MR) is 58.8 cm³/mol. The Balaban J connectivity index is 2.74.